The lowest BCUT2D eigenvalue weighted by atomic mass is 9.89. The fourth-order valence-corrected chi connectivity index (χ4v) is 1.58. The van der Waals surface area contributed by atoms with Gasteiger partial charge in [0.2, 0.25) is 0 Å². The van der Waals surface area contributed by atoms with Crippen LogP contribution in [-0.4, -0.2) is 0 Å². The Morgan fingerprint density at radius 1 is 1.29 bits per heavy atom. The first-order valence-electron chi connectivity index (χ1n) is 4.64. The molecular weight excluding hydrogens is 184 g/mol. The molecule has 3 heteroatoms. The van der Waals surface area contributed by atoms with Crippen molar-refractivity contribution in [1.29, 1.82) is 0 Å². The number of rotatable bonds is 2. The Bertz CT molecular complexity index is 340. The van der Waals surface area contributed by atoms with Crippen LogP contribution in [0, 0.1) is 11.6 Å². The molecule has 14 heavy (non-hydrogen) atoms. The molecule has 0 heterocycles. The molecule has 0 aliphatic carbocycles. The third kappa shape index (κ3) is 1.93. The van der Waals surface area contributed by atoms with E-state index in [4.69, 9.17) is 5.73 Å². The summed E-state index contributed by atoms with van der Waals surface area (Å²) in [7, 11) is 0. The van der Waals surface area contributed by atoms with Gasteiger partial charge in [-0.2, -0.15) is 0 Å². The first-order chi connectivity index (χ1) is 6.38. The second-order valence-corrected chi connectivity index (χ2v) is 3.97. The van der Waals surface area contributed by atoms with Crippen LogP contribution in [0.3, 0.4) is 0 Å². The van der Waals surface area contributed by atoms with Gasteiger partial charge in [-0.15, -0.1) is 0 Å². The summed E-state index contributed by atoms with van der Waals surface area (Å²) in [5.74, 6) is -1.66. The summed E-state index contributed by atoms with van der Waals surface area (Å²) in [5.41, 5.74) is 5.98. The zero-order chi connectivity index (χ0) is 10.9. The van der Waals surface area contributed by atoms with Gasteiger partial charge in [0.1, 0.15) is 0 Å². The molecule has 0 atom stereocenters. The fourth-order valence-electron chi connectivity index (χ4n) is 1.58. The maximum atomic E-state index is 13.5. The third-order valence-corrected chi connectivity index (χ3v) is 2.21. The van der Waals surface area contributed by atoms with E-state index < -0.39 is 17.2 Å². The average molecular weight is 199 g/mol. The summed E-state index contributed by atoms with van der Waals surface area (Å²) in [6.45, 7) is 5.23. The number of hydrogen-bond acceptors (Lipinski definition) is 1. The number of nitrogens with two attached hydrogens (primary N) is 1. The molecule has 0 fully saturated rings. The van der Waals surface area contributed by atoms with E-state index in [9.17, 15) is 8.78 Å². The molecule has 78 valence electrons. The molecule has 1 nitrogen and oxygen atoms in total. The van der Waals surface area contributed by atoms with Crippen molar-refractivity contribution in [2.24, 2.45) is 5.73 Å². The van der Waals surface area contributed by atoms with E-state index in [1.807, 2.05) is 6.92 Å². The number of hydrogen-bond donors (Lipinski definition) is 1. The molecule has 0 unspecified atom stereocenters. The van der Waals surface area contributed by atoms with Crippen LogP contribution in [0.15, 0.2) is 12.1 Å². The van der Waals surface area contributed by atoms with Gasteiger partial charge in [0.25, 0.3) is 0 Å². The van der Waals surface area contributed by atoms with Gasteiger partial charge >= 0.3 is 0 Å². The Morgan fingerprint density at radius 2 is 1.86 bits per heavy atom. The minimum Gasteiger partial charge on any atom is -0.322 e. The maximum Gasteiger partial charge on any atom is 0.164 e. The summed E-state index contributed by atoms with van der Waals surface area (Å²) in [6, 6.07) is 2.73. The van der Waals surface area contributed by atoms with Crippen LogP contribution in [0.25, 0.3) is 0 Å². The molecule has 1 aromatic carbocycles. The molecule has 0 aliphatic heterocycles. The van der Waals surface area contributed by atoms with Crippen molar-refractivity contribution in [1.82, 2.24) is 0 Å². The lowest BCUT2D eigenvalue weighted by Crippen LogP contribution is -2.31. The molecule has 1 aromatic rings. The summed E-state index contributed by atoms with van der Waals surface area (Å²) < 4.78 is 26.5. The van der Waals surface area contributed by atoms with Crippen LogP contribution in [0.2, 0.25) is 0 Å². The standard InChI is InChI=1S/C11H15F2N/c1-4-7-5-6-8(12)10(13)9(7)11(2,3)14/h5-6H,4,14H2,1-3H3. The van der Waals surface area contributed by atoms with Crippen LogP contribution in [0.1, 0.15) is 31.9 Å². The molecular formula is C11H15F2N. The van der Waals surface area contributed by atoms with Crippen LogP contribution in [-0.2, 0) is 12.0 Å². The molecule has 0 spiro atoms. The average Bonchev–Trinajstić information content (AvgIpc) is 2.07. The molecule has 0 bridgehead atoms. The highest BCUT2D eigenvalue weighted by molar-refractivity contribution is 5.34. The Labute approximate surface area is 82.9 Å². The zero-order valence-corrected chi connectivity index (χ0v) is 8.70. The van der Waals surface area contributed by atoms with E-state index in [1.54, 1.807) is 19.9 Å². The third-order valence-electron chi connectivity index (χ3n) is 2.21. The second kappa shape index (κ2) is 3.65. The lowest BCUT2D eigenvalue weighted by Gasteiger charge is -2.23. The highest BCUT2D eigenvalue weighted by atomic mass is 19.2. The second-order valence-electron chi connectivity index (χ2n) is 3.97. The lowest BCUT2D eigenvalue weighted by molar-refractivity contribution is 0.451. The van der Waals surface area contributed by atoms with E-state index in [2.05, 4.69) is 0 Å². The normalized spacial score (nSPS) is 11.9. The predicted molar refractivity (Wildman–Crippen MR) is 52.9 cm³/mol. The van der Waals surface area contributed by atoms with E-state index in [0.717, 1.165) is 11.6 Å². The fraction of sp³-hybridized carbons (Fsp3) is 0.455. The van der Waals surface area contributed by atoms with Crippen LogP contribution >= 0.6 is 0 Å². The molecule has 2 N–H and O–H groups in total. The predicted octanol–water partition coefficient (Wildman–Crippen LogP) is 2.72. The summed E-state index contributed by atoms with van der Waals surface area (Å²) in [4.78, 5) is 0. The van der Waals surface area contributed by atoms with Crippen molar-refractivity contribution >= 4 is 0 Å². The molecule has 0 aromatic heterocycles. The zero-order valence-electron chi connectivity index (χ0n) is 8.70. The molecule has 0 aliphatic rings. The van der Waals surface area contributed by atoms with Crippen molar-refractivity contribution < 1.29 is 8.78 Å². The maximum absolute atomic E-state index is 13.5. The van der Waals surface area contributed by atoms with E-state index in [-0.39, 0.29) is 5.56 Å². The Kier molecular flexibility index (Phi) is 2.90. The molecule has 1 rings (SSSR count). The monoisotopic (exact) mass is 199 g/mol. The minimum absolute atomic E-state index is 0.278. The first-order valence-corrected chi connectivity index (χ1v) is 4.64. The first kappa shape index (κ1) is 11.1. The van der Waals surface area contributed by atoms with Crippen LogP contribution in [0.4, 0.5) is 8.78 Å². The minimum atomic E-state index is -0.850. The van der Waals surface area contributed by atoms with Crippen LogP contribution < -0.4 is 5.73 Å². The van der Waals surface area contributed by atoms with E-state index in [1.165, 1.54) is 0 Å². The molecule has 0 saturated carbocycles. The highest BCUT2D eigenvalue weighted by Crippen LogP contribution is 2.26. The SMILES string of the molecule is CCc1ccc(F)c(F)c1C(C)(C)N. The Hall–Kier alpha value is -0.960. The molecule has 0 amide bonds. The largest absolute Gasteiger partial charge is 0.322 e. The van der Waals surface area contributed by atoms with E-state index in [0.29, 0.717) is 6.42 Å². The number of aryl methyl sites for hydroxylation is 1. The van der Waals surface area contributed by atoms with Crippen molar-refractivity contribution in [3.05, 3.63) is 34.9 Å². The van der Waals surface area contributed by atoms with Gasteiger partial charge in [0.15, 0.2) is 11.6 Å². The quantitative estimate of drug-likeness (QED) is 0.778. The Morgan fingerprint density at radius 3 is 2.29 bits per heavy atom. The van der Waals surface area contributed by atoms with E-state index >= 15 is 0 Å². The highest BCUT2D eigenvalue weighted by Gasteiger charge is 2.24. The molecule has 0 radical (unpaired) electrons. The number of benzene rings is 1. The molecule has 0 saturated heterocycles. The Balaban J connectivity index is 3.44. The van der Waals surface area contributed by atoms with Gasteiger partial charge in [-0.1, -0.05) is 13.0 Å². The summed E-state index contributed by atoms with van der Waals surface area (Å²) in [6.07, 6.45) is 0.646. The van der Waals surface area contributed by atoms with Gasteiger partial charge in [0.05, 0.1) is 0 Å². The van der Waals surface area contributed by atoms with Crippen molar-refractivity contribution in [3.63, 3.8) is 0 Å². The van der Waals surface area contributed by atoms with Crippen molar-refractivity contribution in [2.45, 2.75) is 32.7 Å². The summed E-state index contributed by atoms with van der Waals surface area (Å²) >= 11 is 0. The van der Waals surface area contributed by atoms with Gasteiger partial charge in [-0.3, -0.25) is 0 Å². The summed E-state index contributed by atoms with van der Waals surface area (Å²) in [5, 5.41) is 0. The topological polar surface area (TPSA) is 26.0 Å². The smallest absolute Gasteiger partial charge is 0.164 e. The van der Waals surface area contributed by atoms with Gasteiger partial charge in [0, 0.05) is 11.1 Å². The van der Waals surface area contributed by atoms with Gasteiger partial charge in [-0.05, 0) is 31.9 Å². The van der Waals surface area contributed by atoms with Crippen molar-refractivity contribution in [2.75, 3.05) is 0 Å². The van der Waals surface area contributed by atoms with Gasteiger partial charge in [-0.25, -0.2) is 8.78 Å². The van der Waals surface area contributed by atoms with Crippen molar-refractivity contribution in [3.8, 4) is 0 Å². The van der Waals surface area contributed by atoms with Crippen LogP contribution in [0.5, 0.6) is 0 Å². The van der Waals surface area contributed by atoms with Gasteiger partial charge < -0.3 is 5.73 Å². The number of halogens is 2.